The van der Waals surface area contributed by atoms with Crippen molar-refractivity contribution in [3.05, 3.63) is 64.8 Å². The quantitative estimate of drug-likeness (QED) is 0.517. The van der Waals surface area contributed by atoms with Gasteiger partial charge in [0.1, 0.15) is 5.75 Å². The molecule has 122 valence electrons. The van der Waals surface area contributed by atoms with Gasteiger partial charge in [-0.2, -0.15) is 5.10 Å². The van der Waals surface area contributed by atoms with Crippen molar-refractivity contribution in [1.29, 1.82) is 0 Å². The summed E-state index contributed by atoms with van der Waals surface area (Å²) in [6.07, 6.45) is 2.80. The molecule has 1 heterocycles. The van der Waals surface area contributed by atoms with E-state index < -0.39 is 6.10 Å². The van der Waals surface area contributed by atoms with E-state index in [1.807, 2.05) is 48.7 Å². The van der Waals surface area contributed by atoms with Gasteiger partial charge in [0.25, 0.3) is 5.91 Å². The third kappa shape index (κ3) is 3.65. The molecule has 3 rings (SSSR count). The van der Waals surface area contributed by atoms with Crippen molar-refractivity contribution in [2.75, 3.05) is 0 Å². The molecule has 2 N–H and O–H groups in total. The molecular weight excluding hydrogens is 370 g/mol. The second-order valence-electron chi connectivity index (χ2n) is 5.21. The first-order chi connectivity index (χ1) is 11.6. The van der Waals surface area contributed by atoms with E-state index >= 15 is 0 Å². The van der Waals surface area contributed by atoms with E-state index in [9.17, 15) is 4.79 Å². The van der Waals surface area contributed by atoms with Crippen LogP contribution in [0.5, 0.6) is 5.75 Å². The van der Waals surface area contributed by atoms with Crippen LogP contribution in [0.2, 0.25) is 0 Å². The number of ether oxygens (including phenoxy) is 1. The Bertz CT molecular complexity index is 889. The average molecular weight is 386 g/mol. The fraction of sp³-hybridized carbons (Fsp3) is 0.111. The number of aromatic nitrogens is 1. The molecule has 0 fully saturated rings. The number of H-pyrrole nitrogens is 1. The van der Waals surface area contributed by atoms with E-state index in [4.69, 9.17) is 4.74 Å². The molecule has 1 atom stereocenters. The Labute approximate surface area is 147 Å². The number of hydrogen-bond acceptors (Lipinski definition) is 3. The zero-order valence-corrected chi connectivity index (χ0v) is 14.6. The first-order valence-corrected chi connectivity index (χ1v) is 8.24. The number of benzene rings is 2. The van der Waals surface area contributed by atoms with Crippen molar-refractivity contribution in [1.82, 2.24) is 10.4 Å². The topological polar surface area (TPSA) is 66.5 Å². The van der Waals surface area contributed by atoms with Crippen molar-refractivity contribution in [3.63, 3.8) is 0 Å². The molecule has 0 aliphatic heterocycles. The molecule has 0 aliphatic carbocycles. The van der Waals surface area contributed by atoms with Gasteiger partial charge in [-0.3, -0.25) is 4.79 Å². The van der Waals surface area contributed by atoms with Crippen LogP contribution in [0.25, 0.3) is 10.9 Å². The summed E-state index contributed by atoms with van der Waals surface area (Å²) in [7, 11) is 0. The van der Waals surface area contributed by atoms with Crippen LogP contribution in [0.15, 0.2) is 64.3 Å². The molecule has 0 bridgehead atoms. The molecule has 0 saturated heterocycles. The molecule has 24 heavy (non-hydrogen) atoms. The maximum absolute atomic E-state index is 12.1. The lowest BCUT2D eigenvalue weighted by Crippen LogP contribution is -2.33. The third-order valence-corrected chi connectivity index (χ3v) is 4.16. The highest BCUT2D eigenvalue weighted by molar-refractivity contribution is 9.10. The zero-order valence-electron chi connectivity index (χ0n) is 13.0. The fourth-order valence-electron chi connectivity index (χ4n) is 2.24. The normalized spacial score (nSPS) is 12.4. The van der Waals surface area contributed by atoms with Crippen molar-refractivity contribution in [2.24, 2.45) is 5.10 Å². The number of nitrogens with one attached hydrogen (secondary N) is 2. The van der Waals surface area contributed by atoms with Gasteiger partial charge in [-0.15, -0.1) is 0 Å². The minimum Gasteiger partial charge on any atom is -0.480 e. The zero-order chi connectivity index (χ0) is 16.9. The standard InChI is InChI=1S/C18H16BrN3O2/c1-12(24-17-9-5-3-7-15(17)19)18(23)22-21-11-13-10-20-16-8-4-2-6-14(13)16/h2-12,20H,1H3,(H,22,23)/b21-11+. The van der Waals surface area contributed by atoms with Gasteiger partial charge in [0.05, 0.1) is 10.7 Å². The number of hydrazone groups is 1. The molecule has 6 heteroatoms. The average Bonchev–Trinajstić information content (AvgIpc) is 3.00. The monoisotopic (exact) mass is 385 g/mol. The molecular formula is C18H16BrN3O2. The minimum atomic E-state index is -0.663. The molecule has 1 amide bonds. The predicted octanol–water partition coefficient (Wildman–Crippen LogP) is 3.85. The molecule has 3 aromatic rings. The highest BCUT2D eigenvalue weighted by Gasteiger charge is 2.15. The summed E-state index contributed by atoms with van der Waals surface area (Å²) in [6, 6.07) is 15.3. The van der Waals surface area contributed by atoms with Crippen LogP contribution >= 0.6 is 15.9 Å². The molecule has 2 aromatic carbocycles. The van der Waals surface area contributed by atoms with Gasteiger partial charge in [-0.05, 0) is 41.1 Å². The summed E-state index contributed by atoms with van der Waals surface area (Å²) in [5, 5.41) is 5.06. The van der Waals surface area contributed by atoms with Gasteiger partial charge < -0.3 is 9.72 Å². The number of aromatic amines is 1. The number of fused-ring (bicyclic) bond motifs is 1. The number of hydrogen-bond donors (Lipinski definition) is 2. The summed E-state index contributed by atoms with van der Waals surface area (Å²) < 4.78 is 6.42. The first-order valence-electron chi connectivity index (χ1n) is 7.45. The SMILES string of the molecule is CC(Oc1ccccc1Br)C(=O)N/N=C/c1c[nH]c2ccccc12. The third-order valence-electron chi connectivity index (χ3n) is 3.51. The largest absolute Gasteiger partial charge is 0.480 e. The Morgan fingerprint density at radius 1 is 1.25 bits per heavy atom. The number of rotatable bonds is 5. The number of nitrogens with zero attached hydrogens (tertiary/aromatic N) is 1. The number of amides is 1. The Balaban J connectivity index is 1.61. The summed E-state index contributed by atoms with van der Waals surface area (Å²) in [5.74, 6) is 0.294. The summed E-state index contributed by atoms with van der Waals surface area (Å²) >= 11 is 3.39. The number of halogens is 1. The van der Waals surface area contributed by atoms with E-state index in [1.54, 1.807) is 19.2 Å². The van der Waals surface area contributed by atoms with Crippen LogP contribution in [0.4, 0.5) is 0 Å². The van der Waals surface area contributed by atoms with Gasteiger partial charge in [0.15, 0.2) is 6.10 Å². The van der Waals surface area contributed by atoms with E-state index in [2.05, 4.69) is 31.4 Å². The lowest BCUT2D eigenvalue weighted by atomic mass is 10.2. The van der Waals surface area contributed by atoms with Gasteiger partial charge >= 0.3 is 0 Å². The van der Waals surface area contributed by atoms with Crippen LogP contribution in [0, 0.1) is 0 Å². The lowest BCUT2D eigenvalue weighted by molar-refractivity contribution is -0.127. The second-order valence-corrected chi connectivity index (χ2v) is 6.07. The van der Waals surface area contributed by atoms with Crippen LogP contribution in [-0.4, -0.2) is 23.2 Å². The molecule has 0 saturated carbocycles. The van der Waals surface area contributed by atoms with E-state index in [0.29, 0.717) is 5.75 Å². The van der Waals surface area contributed by atoms with Gasteiger partial charge in [-0.25, -0.2) is 5.43 Å². The minimum absolute atomic E-state index is 0.318. The van der Waals surface area contributed by atoms with Crippen molar-refractivity contribution in [3.8, 4) is 5.75 Å². The molecule has 1 aromatic heterocycles. The van der Waals surface area contributed by atoms with Crippen LogP contribution in [0.1, 0.15) is 12.5 Å². The van der Waals surface area contributed by atoms with Crippen molar-refractivity contribution in [2.45, 2.75) is 13.0 Å². The Morgan fingerprint density at radius 3 is 2.83 bits per heavy atom. The summed E-state index contributed by atoms with van der Waals surface area (Å²) in [6.45, 7) is 1.68. The summed E-state index contributed by atoms with van der Waals surface area (Å²) in [5.41, 5.74) is 4.43. The predicted molar refractivity (Wildman–Crippen MR) is 98.3 cm³/mol. The summed E-state index contributed by atoms with van der Waals surface area (Å²) in [4.78, 5) is 15.2. The van der Waals surface area contributed by atoms with E-state index in [0.717, 1.165) is 20.9 Å². The Morgan fingerprint density at radius 2 is 2.00 bits per heavy atom. The second kappa shape index (κ2) is 7.31. The smallest absolute Gasteiger partial charge is 0.280 e. The van der Waals surface area contributed by atoms with Crippen molar-refractivity contribution < 1.29 is 9.53 Å². The number of carbonyl (C=O) groups excluding carboxylic acids is 1. The van der Waals surface area contributed by atoms with E-state index in [-0.39, 0.29) is 5.91 Å². The molecule has 1 unspecified atom stereocenters. The van der Waals surface area contributed by atoms with Crippen molar-refractivity contribution >= 4 is 39.0 Å². The number of para-hydroxylation sites is 2. The maximum Gasteiger partial charge on any atom is 0.280 e. The van der Waals surface area contributed by atoms with Gasteiger partial charge in [0.2, 0.25) is 0 Å². The van der Waals surface area contributed by atoms with E-state index in [1.165, 1.54) is 0 Å². The maximum atomic E-state index is 12.1. The number of carbonyl (C=O) groups is 1. The molecule has 0 spiro atoms. The molecule has 5 nitrogen and oxygen atoms in total. The highest BCUT2D eigenvalue weighted by Crippen LogP contribution is 2.24. The van der Waals surface area contributed by atoms with Crippen LogP contribution in [0.3, 0.4) is 0 Å². The highest BCUT2D eigenvalue weighted by atomic mass is 79.9. The first kappa shape index (κ1) is 16.3. The molecule has 0 radical (unpaired) electrons. The molecule has 0 aliphatic rings. The van der Waals surface area contributed by atoms with Gasteiger partial charge in [0, 0.05) is 22.7 Å². The fourth-order valence-corrected chi connectivity index (χ4v) is 2.62. The van der Waals surface area contributed by atoms with Crippen LogP contribution < -0.4 is 10.2 Å². The Kier molecular flexibility index (Phi) is 4.96. The Hall–Kier alpha value is -2.60. The van der Waals surface area contributed by atoms with Gasteiger partial charge in [-0.1, -0.05) is 30.3 Å². The van der Waals surface area contributed by atoms with Crippen LogP contribution in [-0.2, 0) is 4.79 Å². The lowest BCUT2D eigenvalue weighted by Gasteiger charge is -2.13.